The largest absolute Gasteiger partial charge is 0.353 e. The van der Waals surface area contributed by atoms with E-state index < -0.39 is 0 Å². The number of H-pyrrole nitrogens is 1. The van der Waals surface area contributed by atoms with E-state index in [1.54, 1.807) is 12.2 Å². The van der Waals surface area contributed by atoms with Crippen molar-refractivity contribution in [2.45, 2.75) is 33.2 Å². The molecule has 1 aromatic carbocycles. The van der Waals surface area contributed by atoms with Crippen molar-refractivity contribution < 1.29 is 4.79 Å². The lowest BCUT2D eigenvalue weighted by atomic mass is 10.1. The fourth-order valence-electron chi connectivity index (χ4n) is 3.06. The average molecular weight is 321 g/mol. The molecule has 1 N–H and O–H groups in total. The quantitative estimate of drug-likeness (QED) is 0.728. The van der Waals surface area contributed by atoms with E-state index in [9.17, 15) is 4.79 Å². The number of nitrogens with zero attached hydrogens (tertiary/aromatic N) is 2. The van der Waals surface area contributed by atoms with Crippen LogP contribution in [0, 0.1) is 0 Å². The number of nitrogens with one attached hydrogen (secondary N) is 1. The fraction of sp³-hybridized carbons (Fsp3) is 0.300. The van der Waals surface area contributed by atoms with Gasteiger partial charge in [-0.3, -0.25) is 9.78 Å². The Morgan fingerprint density at radius 2 is 1.96 bits per heavy atom. The van der Waals surface area contributed by atoms with Gasteiger partial charge in [0.2, 0.25) is 5.91 Å². The van der Waals surface area contributed by atoms with Crippen LogP contribution in [-0.4, -0.2) is 32.9 Å². The minimum absolute atomic E-state index is 0.00539. The van der Waals surface area contributed by atoms with Crippen LogP contribution in [0.5, 0.6) is 0 Å². The number of aromatic nitrogens is 2. The topological polar surface area (TPSA) is 49.0 Å². The van der Waals surface area contributed by atoms with Gasteiger partial charge in [0.05, 0.1) is 17.4 Å². The summed E-state index contributed by atoms with van der Waals surface area (Å²) >= 11 is 0. The maximum Gasteiger partial charge on any atom is 0.247 e. The number of benzene rings is 1. The summed E-state index contributed by atoms with van der Waals surface area (Å²) in [6, 6.07) is 10.2. The molecular formula is C20H23N3O. The van der Waals surface area contributed by atoms with Crippen molar-refractivity contribution in [3.05, 3.63) is 48.3 Å². The molecule has 0 bridgehead atoms. The highest BCUT2D eigenvalue weighted by Crippen LogP contribution is 2.25. The summed E-state index contributed by atoms with van der Waals surface area (Å²) in [5, 5.41) is 2.29. The monoisotopic (exact) mass is 321 g/mol. The first kappa shape index (κ1) is 16.2. The molecule has 0 unspecified atom stereocenters. The van der Waals surface area contributed by atoms with Gasteiger partial charge in [-0.05, 0) is 45.9 Å². The molecule has 3 rings (SSSR count). The zero-order chi connectivity index (χ0) is 17.3. The van der Waals surface area contributed by atoms with Gasteiger partial charge >= 0.3 is 0 Å². The van der Waals surface area contributed by atoms with Crippen molar-refractivity contribution in [1.82, 2.24) is 14.9 Å². The van der Waals surface area contributed by atoms with Gasteiger partial charge in [-0.2, -0.15) is 0 Å². The van der Waals surface area contributed by atoms with Crippen molar-refractivity contribution >= 4 is 33.8 Å². The van der Waals surface area contributed by atoms with Gasteiger partial charge in [0.25, 0.3) is 0 Å². The first-order valence-corrected chi connectivity index (χ1v) is 8.26. The zero-order valence-corrected chi connectivity index (χ0v) is 14.6. The molecule has 0 aliphatic heterocycles. The van der Waals surface area contributed by atoms with Gasteiger partial charge in [0.1, 0.15) is 0 Å². The molecular weight excluding hydrogens is 298 g/mol. The normalized spacial score (nSPS) is 12.3. The molecule has 0 spiro atoms. The Balaban J connectivity index is 1.92. The second-order valence-corrected chi connectivity index (χ2v) is 6.91. The Labute approximate surface area is 142 Å². The maximum atomic E-state index is 12.4. The predicted octanol–water partition coefficient (Wildman–Crippen LogP) is 4.38. The second-order valence-electron chi connectivity index (χ2n) is 6.91. The van der Waals surface area contributed by atoms with Crippen LogP contribution in [0.1, 0.15) is 33.4 Å². The van der Waals surface area contributed by atoms with Crippen LogP contribution in [0.4, 0.5) is 0 Å². The second kappa shape index (κ2) is 6.11. The van der Waals surface area contributed by atoms with Crippen molar-refractivity contribution in [2.75, 3.05) is 6.54 Å². The van der Waals surface area contributed by atoms with Gasteiger partial charge in [-0.15, -0.1) is 0 Å². The number of para-hydroxylation sites is 1. The summed E-state index contributed by atoms with van der Waals surface area (Å²) in [4.78, 5) is 22.1. The number of pyridine rings is 1. The van der Waals surface area contributed by atoms with E-state index >= 15 is 0 Å². The highest BCUT2D eigenvalue weighted by molar-refractivity contribution is 6.07. The van der Waals surface area contributed by atoms with E-state index in [-0.39, 0.29) is 11.4 Å². The van der Waals surface area contributed by atoms with Crippen LogP contribution >= 0.6 is 0 Å². The van der Waals surface area contributed by atoms with E-state index in [0.29, 0.717) is 6.54 Å². The smallest absolute Gasteiger partial charge is 0.247 e. The number of hydrogen-bond donors (Lipinski definition) is 1. The number of aromatic amines is 1. The SMILES string of the molecule is CCN(C(=O)/C=C/c1cc2c(cn1)[nH]c1ccccc12)C(C)(C)C. The van der Waals surface area contributed by atoms with Crippen molar-refractivity contribution in [3.8, 4) is 0 Å². The number of carbonyl (C=O) groups is 1. The van der Waals surface area contributed by atoms with Crippen LogP contribution < -0.4 is 0 Å². The lowest BCUT2D eigenvalue weighted by Crippen LogP contribution is -2.44. The van der Waals surface area contributed by atoms with Crippen molar-refractivity contribution in [2.24, 2.45) is 0 Å². The Hall–Kier alpha value is -2.62. The molecule has 0 radical (unpaired) electrons. The van der Waals surface area contributed by atoms with E-state index in [1.165, 1.54) is 5.39 Å². The number of fused-ring (bicyclic) bond motifs is 3. The highest BCUT2D eigenvalue weighted by atomic mass is 16.2. The lowest BCUT2D eigenvalue weighted by molar-refractivity contribution is -0.130. The van der Waals surface area contributed by atoms with Gasteiger partial charge in [0, 0.05) is 34.4 Å². The molecule has 0 saturated carbocycles. The van der Waals surface area contributed by atoms with Crippen LogP contribution in [-0.2, 0) is 4.79 Å². The Bertz CT molecular complexity index is 915. The number of carbonyl (C=O) groups excluding carboxylic acids is 1. The molecule has 124 valence electrons. The van der Waals surface area contributed by atoms with Gasteiger partial charge in [-0.25, -0.2) is 0 Å². The molecule has 0 saturated heterocycles. The third-order valence-corrected chi connectivity index (χ3v) is 4.20. The summed E-state index contributed by atoms with van der Waals surface area (Å²) < 4.78 is 0. The average Bonchev–Trinajstić information content (AvgIpc) is 2.90. The lowest BCUT2D eigenvalue weighted by Gasteiger charge is -2.33. The Kier molecular flexibility index (Phi) is 4.14. The van der Waals surface area contributed by atoms with E-state index in [0.717, 1.165) is 22.1 Å². The molecule has 0 aliphatic rings. The summed E-state index contributed by atoms with van der Waals surface area (Å²) in [5.41, 5.74) is 2.69. The molecule has 24 heavy (non-hydrogen) atoms. The van der Waals surface area contributed by atoms with E-state index in [2.05, 4.69) is 22.1 Å². The van der Waals surface area contributed by atoms with Gasteiger partial charge < -0.3 is 9.88 Å². The molecule has 0 aliphatic carbocycles. The summed E-state index contributed by atoms with van der Waals surface area (Å²) in [6.45, 7) is 8.80. The number of hydrogen-bond acceptors (Lipinski definition) is 2. The zero-order valence-electron chi connectivity index (χ0n) is 14.6. The molecule has 4 heteroatoms. The van der Waals surface area contributed by atoms with E-state index in [1.807, 2.05) is 57.0 Å². The minimum Gasteiger partial charge on any atom is -0.353 e. The molecule has 4 nitrogen and oxygen atoms in total. The number of likely N-dealkylation sites (N-methyl/N-ethyl adjacent to an activating group) is 1. The van der Waals surface area contributed by atoms with Crippen LogP contribution in [0.25, 0.3) is 27.9 Å². The molecule has 3 aromatic rings. The molecule has 0 fully saturated rings. The molecule has 0 atom stereocenters. The van der Waals surface area contributed by atoms with E-state index in [4.69, 9.17) is 0 Å². The van der Waals surface area contributed by atoms with Crippen LogP contribution in [0.15, 0.2) is 42.6 Å². The minimum atomic E-state index is -0.190. The third-order valence-electron chi connectivity index (χ3n) is 4.20. The Morgan fingerprint density at radius 1 is 1.21 bits per heavy atom. The first-order valence-electron chi connectivity index (χ1n) is 8.26. The summed E-state index contributed by atoms with van der Waals surface area (Å²) in [7, 11) is 0. The maximum absolute atomic E-state index is 12.4. The fourth-order valence-corrected chi connectivity index (χ4v) is 3.06. The van der Waals surface area contributed by atoms with Gasteiger partial charge in [0.15, 0.2) is 0 Å². The van der Waals surface area contributed by atoms with Crippen molar-refractivity contribution in [1.29, 1.82) is 0 Å². The summed E-state index contributed by atoms with van der Waals surface area (Å²) in [5.74, 6) is 0.00539. The van der Waals surface area contributed by atoms with Gasteiger partial charge in [-0.1, -0.05) is 18.2 Å². The van der Waals surface area contributed by atoms with Crippen molar-refractivity contribution in [3.63, 3.8) is 0 Å². The Morgan fingerprint density at radius 3 is 2.67 bits per heavy atom. The molecule has 2 aromatic heterocycles. The number of rotatable bonds is 3. The standard InChI is InChI=1S/C20H23N3O/c1-5-23(20(2,3)4)19(24)11-10-14-12-16-15-8-6-7-9-17(15)22-18(16)13-21-14/h6-13,22H,5H2,1-4H3/b11-10+. The predicted molar refractivity (Wildman–Crippen MR) is 99.8 cm³/mol. The number of amides is 1. The van der Waals surface area contributed by atoms with Crippen LogP contribution in [0.3, 0.4) is 0 Å². The summed E-state index contributed by atoms with van der Waals surface area (Å²) in [6.07, 6.45) is 5.22. The third kappa shape index (κ3) is 3.04. The van der Waals surface area contributed by atoms with Crippen LogP contribution in [0.2, 0.25) is 0 Å². The first-order chi connectivity index (χ1) is 11.4. The molecule has 1 amide bonds. The highest BCUT2D eigenvalue weighted by Gasteiger charge is 2.22. The molecule has 2 heterocycles.